The fourth-order valence-corrected chi connectivity index (χ4v) is 3.99. The van der Waals surface area contributed by atoms with Gasteiger partial charge in [-0.05, 0) is 71.2 Å². The molecule has 1 amide bonds. The second kappa shape index (κ2) is 10.5. The summed E-state index contributed by atoms with van der Waals surface area (Å²) in [6.45, 7) is 0. The topological polar surface area (TPSA) is 80.9 Å². The van der Waals surface area contributed by atoms with Crippen molar-refractivity contribution in [2.45, 2.75) is 31.6 Å². The van der Waals surface area contributed by atoms with Crippen LogP contribution in [0.3, 0.4) is 0 Å². The van der Waals surface area contributed by atoms with Gasteiger partial charge in [0.05, 0.1) is 24.0 Å². The van der Waals surface area contributed by atoms with Gasteiger partial charge in [-0.15, -0.1) is 0 Å². The van der Waals surface area contributed by atoms with Gasteiger partial charge in [0.2, 0.25) is 5.91 Å². The lowest BCUT2D eigenvalue weighted by atomic mass is 9.96. The van der Waals surface area contributed by atoms with Crippen LogP contribution in [0.2, 0.25) is 0 Å². The number of carbonyl (C=O) groups excluding carboxylic acids is 1. The van der Waals surface area contributed by atoms with Gasteiger partial charge in [-0.2, -0.15) is 0 Å². The molecular weight excluding hydrogens is 511 g/mol. The molecule has 1 aliphatic carbocycles. The number of allylic oxidation sites excluding steroid dienone is 3. The smallest absolute Gasteiger partial charge is 0.229 e. The Labute approximate surface area is 202 Å². The molecule has 1 aliphatic rings. The predicted octanol–water partition coefficient (Wildman–Crippen LogP) is 4.93. The second-order valence-corrected chi connectivity index (χ2v) is 9.08. The van der Waals surface area contributed by atoms with E-state index in [0.717, 1.165) is 39.1 Å². The van der Waals surface area contributed by atoms with E-state index in [4.69, 9.17) is 10.7 Å². The highest BCUT2D eigenvalue weighted by atomic mass is 127. The molecule has 1 heterocycles. The third kappa shape index (κ3) is 6.03. The maximum atomic E-state index is 12.7. The van der Waals surface area contributed by atoms with Gasteiger partial charge in [0.25, 0.3) is 0 Å². The van der Waals surface area contributed by atoms with Crippen LogP contribution in [0.1, 0.15) is 34.9 Å². The number of halogens is 1. The van der Waals surface area contributed by atoms with Gasteiger partial charge in [-0.25, -0.2) is 4.98 Å². The fraction of sp³-hybridized carbons (Fsp3) is 0.192. The lowest BCUT2D eigenvalue weighted by Crippen LogP contribution is -2.18. The van der Waals surface area contributed by atoms with Crippen molar-refractivity contribution in [3.8, 4) is 0 Å². The summed E-state index contributed by atoms with van der Waals surface area (Å²) in [4.78, 5) is 22.2. The number of aromatic nitrogens is 2. The van der Waals surface area contributed by atoms with Crippen LogP contribution in [0.5, 0.6) is 0 Å². The van der Waals surface area contributed by atoms with Crippen molar-refractivity contribution in [3.63, 3.8) is 0 Å². The van der Waals surface area contributed by atoms with Crippen LogP contribution >= 0.6 is 22.6 Å². The number of hydrogen-bond donors (Lipinski definition) is 2. The summed E-state index contributed by atoms with van der Waals surface area (Å²) in [5.74, 6) is 0.583. The minimum atomic E-state index is -0.0949. The predicted molar refractivity (Wildman–Crippen MR) is 136 cm³/mol. The van der Waals surface area contributed by atoms with E-state index in [1.165, 1.54) is 5.56 Å². The van der Waals surface area contributed by atoms with E-state index in [9.17, 15) is 4.79 Å². The summed E-state index contributed by atoms with van der Waals surface area (Å²) in [5.41, 5.74) is 10.5. The highest BCUT2D eigenvalue weighted by molar-refractivity contribution is 14.1. The molecule has 0 radical (unpaired) electrons. The number of amides is 1. The number of anilines is 1. The quantitative estimate of drug-likeness (QED) is 0.420. The number of rotatable bonds is 7. The first-order chi connectivity index (χ1) is 15.6. The molecule has 5 nitrogen and oxygen atoms in total. The van der Waals surface area contributed by atoms with E-state index >= 15 is 0 Å². The van der Waals surface area contributed by atoms with Crippen LogP contribution < -0.4 is 11.1 Å². The normalized spacial score (nSPS) is 15.3. The van der Waals surface area contributed by atoms with Gasteiger partial charge in [0.15, 0.2) is 5.82 Å². The van der Waals surface area contributed by atoms with E-state index in [1.807, 2.05) is 54.6 Å². The second-order valence-electron chi connectivity index (χ2n) is 7.83. The maximum absolute atomic E-state index is 12.7. The zero-order valence-electron chi connectivity index (χ0n) is 17.7. The van der Waals surface area contributed by atoms with Gasteiger partial charge < -0.3 is 11.1 Å². The van der Waals surface area contributed by atoms with Gasteiger partial charge in [0, 0.05) is 15.2 Å². The third-order valence-corrected chi connectivity index (χ3v) is 6.12. The van der Waals surface area contributed by atoms with Crippen LogP contribution in [0.4, 0.5) is 5.82 Å². The first kappa shape index (κ1) is 22.2. The van der Waals surface area contributed by atoms with Crippen molar-refractivity contribution < 1.29 is 4.79 Å². The van der Waals surface area contributed by atoms with Gasteiger partial charge >= 0.3 is 0 Å². The minimum Gasteiger partial charge on any atom is -0.399 e. The number of benzene rings is 2. The Bertz CT molecular complexity index is 1140. The molecule has 0 saturated heterocycles. The molecule has 0 saturated carbocycles. The number of nitrogens with one attached hydrogen (secondary N) is 1. The van der Waals surface area contributed by atoms with Crippen molar-refractivity contribution in [1.29, 1.82) is 0 Å². The van der Waals surface area contributed by atoms with Crippen LogP contribution in [-0.2, 0) is 24.1 Å². The summed E-state index contributed by atoms with van der Waals surface area (Å²) in [7, 11) is 0. The third-order valence-electron chi connectivity index (χ3n) is 5.40. The van der Waals surface area contributed by atoms with Crippen LogP contribution in [0, 0.1) is 3.57 Å². The van der Waals surface area contributed by atoms with Gasteiger partial charge in [0.1, 0.15) is 0 Å². The molecule has 4 rings (SSSR count). The molecular formula is C26H25IN4O. The van der Waals surface area contributed by atoms with E-state index in [2.05, 4.69) is 51.1 Å². The molecule has 162 valence electrons. The van der Waals surface area contributed by atoms with Crippen LogP contribution in [0.25, 0.3) is 0 Å². The Kier molecular flexibility index (Phi) is 7.32. The molecule has 6 heteroatoms. The molecule has 0 aliphatic heterocycles. The van der Waals surface area contributed by atoms with Crippen LogP contribution in [-0.4, -0.2) is 15.9 Å². The van der Waals surface area contributed by atoms with Crippen molar-refractivity contribution in [2.75, 3.05) is 5.32 Å². The van der Waals surface area contributed by atoms with E-state index in [1.54, 1.807) is 6.20 Å². The molecule has 3 aromatic rings. The number of hydrogen-bond acceptors (Lipinski definition) is 4. The van der Waals surface area contributed by atoms with Crippen LogP contribution in [0.15, 0.2) is 84.7 Å². The van der Waals surface area contributed by atoms with Crippen molar-refractivity contribution in [1.82, 2.24) is 9.97 Å². The van der Waals surface area contributed by atoms with Crippen molar-refractivity contribution in [3.05, 3.63) is 111 Å². The zero-order chi connectivity index (χ0) is 22.3. The summed E-state index contributed by atoms with van der Waals surface area (Å²) < 4.78 is 1.14. The van der Waals surface area contributed by atoms with E-state index in [-0.39, 0.29) is 11.8 Å². The average Bonchev–Trinajstić information content (AvgIpc) is 2.81. The molecule has 0 spiro atoms. The molecule has 2 aromatic carbocycles. The lowest BCUT2D eigenvalue weighted by Gasteiger charge is -2.17. The van der Waals surface area contributed by atoms with Crippen molar-refractivity contribution >= 4 is 34.3 Å². The molecule has 1 unspecified atom stereocenters. The standard InChI is InChI=1S/C26H25IN4O/c27-21-11-6-19(7-12-21)16-25(32)31-26-23(15-8-18-4-2-1-3-5-18)30-24(17-29-26)20-9-13-22(28)14-10-20/h1-7,9,11-14,17,20H,8,10,15-16,28H2,(H,29,31,32). The molecule has 0 bridgehead atoms. The first-order valence-electron chi connectivity index (χ1n) is 10.6. The number of nitrogens with two attached hydrogens (primary N) is 1. The average molecular weight is 536 g/mol. The van der Waals surface area contributed by atoms with Gasteiger partial charge in [-0.3, -0.25) is 9.78 Å². The highest BCUT2D eigenvalue weighted by Gasteiger charge is 2.17. The number of nitrogens with zero attached hydrogens (tertiary/aromatic N) is 2. The summed E-state index contributed by atoms with van der Waals surface area (Å²) in [6, 6.07) is 18.2. The Morgan fingerprint density at radius 2 is 1.84 bits per heavy atom. The summed E-state index contributed by atoms with van der Waals surface area (Å²) in [5, 5.41) is 2.98. The Balaban J connectivity index is 1.53. The van der Waals surface area contributed by atoms with Gasteiger partial charge in [-0.1, -0.05) is 54.6 Å². The molecule has 32 heavy (non-hydrogen) atoms. The lowest BCUT2D eigenvalue weighted by molar-refractivity contribution is -0.115. The summed E-state index contributed by atoms with van der Waals surface area (Å²) >= 11 is 2.26. The molecule has 1 aromatic heterocycles. The zero-order valence-corrected chi connectivity index (χ0v) is 19.8. The highest BCUT2D eigenvalue weighted by Crippen LogP contribution is 2.26. The Morgan fingerprint density at radius 1 is 1.06 bits per heavy atom. The Morgan fingerprint density at radius 3 is 2.56 bits per heavy atom. The Hall–Kier alpha value is -3.00. The molecule has 1 atom stereocenters. The largest absolute Gasteiger partial charge is 0.399 e. The first-order valence-corrected chi connectivity index (χ1v) is 11.7. The van der Waals surface area contributed by atoms with E-state index < -0.39 is 0 Å². The molecule has 0 fully saturated rings. The minimum absolute atomic E-state index is 0.0949. The number of aryl methyl sites for hydroxylation is 2. The van der Waals surface area contributed by atoms with Crippen molar-refractivity contribution in [2.24, 2.45) is 5.73 Å². The SMILES string of the molecule is NC1=CCC(c2cnc(NC(=O)Cc3ccc(I)cc3)c(CCc3ccccc3)n2)C=C1. The fourth-order valence-electron chi connectivity index (χ4n) is 3.63. The maximum Gasteiger partial charge on any atom is 0.229 e. The summed E-state index contributed by atoms with van der Waals surface area (Å²) in [6.07, 6.45) is 10.4. The number of carbonyl (C=O) groups is 1. The monoisotopic (exact) mass is 536 g/mol. The van der Waals surface area contributed by atoms with E-state index in [0.29, 0.717) is 18.7 Å². The molecule has 3 N–H and O–H groups in total.